The van der Waals surface area contributed by atoms with Crippen molar-refractivity contribution in [2.45, 2.75) is 57.3 Å². The molecule has 0 unspecified atom stereocenters. The molecule has 5 rings (SSSR count). The van der Waals surface area contributed by atoms with E-state index in [1.165, 1.54) is 9.80 Å². The summed E-state index contributed by atoms with van der Waals surface area (Å²) in [5.74, 6) is 1.56. The normalized spacial score (nSPS) is 16.6. The Kier molecular flexibility index (Phi) is 7.85. The van der Waals surface area contributed by atoms with Crippen LogP contribution in [0.2, 0.25) is 0 Å². The fraction of sp³-hybridized carbons (Fsp3) is 0.346. The Morgan fingerprint density at radius 3 is 2.35 bits per heavy atom. The smallest absolute Gasteiger partial charge is 0.234 e. The fourth-order valence-electron chi connectivity index (χ4n) is 3.53. The third-order valence-corrected chi connectivity index (χ3v) is 6.26. The van der Waals surface area contributed by atoms with Gasteiger partial charge >= 0.3 is 0 Å². The third-order valence-electron chi connectivity index (χ3n) is 5.21. The molecule has 164 valence electrons. The molecule has 1 amide bonds. The number of nitrogens with one attached hydrogen (secondary N) is 1. The molecule has 0 saturated heterocycles. The lowest BCUT2D eigenvalue weighted by atomic mass is 9.94. The van der Waals surface area contributed by atoms with E-state index in [9.17, 15) is 4.79 Å². The van der Waals surface area contributed by atoms with Crippen molar-refractivity contribution in [1.82, 2.24) is 5.32 Å². The van der Waals surface area contributed by atoms with Gasteiger partial charge in [-0.15, -0.1) is 0 Å². The summed E-state index contributed by atoms with van der Waals surface area (Å²) in [6.45, 7) is 8.25. The van der Waals surface area contributed by atoms with Crippen LogP contribution in [0.5, 0.6) is 11.5 Å². The first-order valence-corrected chi connectivity index (χ1v) is 11.9. The molecule has 2 aliphatic carbocycles. The number of benzene rings is 2. The van der Waals surface area contributed by atoms with E-state index in [0.29, 0.717) is 0 Å². The van der Waals surface area contributed by atoms with Gasteiger partial charge in [-0.25, -0.2) is 0 Å². The number of ether oxygens (including phenoxy) is 2. The first-order valence-electron chi connectivity index (χ1n) is 11.1. The number of amides is 1. The molecule has 4 nitrogen and oxygen atoms in total. The molecular formula is C26H31NO3S. The predicted octanol–water partition coefficient (Wildman–Crippen LogP) is 6.58. The monoisotopic (exact) mass is 437 g/mol. The van der Waals surface area contributed by atoms with Gasteiger partial charge < -0.3 is 14.8 Å². The quantitative estimate of drug-likeness (QED) is 0.574. The van der Waals surface area contributed by atoms with Crippen molar-refractivity contribution in [2.24, 2.45) is 0 Å². The topological polar surface area (TPSA) is 47.6 Å². The average Bonchev–Trinajstić information content (AvgIpc) is 3.31. The predicted molar refractivity (Wildman–Crippen MR) is 127 cm³/mol. The SMILES string of the molecule is CC.CC.O=C(NC1=CC=C(Sc2ccccc2)C1)C1(c2ccc3c(c2)OCO3)CC1. The maximum Gasteiger partial charge on any atom is 0.234 e. The number of hydrogen-bond acceptors (Lipinski definition) is 4. The molecule has 0 bridgehead atoms. The van der Waals surface area contributed by atoms with Gasteiger partial charge in [0, 0.05) is 17.0 Å². The van der Waals surface area contributed by atoms with Crippen LogP contribution >= 0.6 is 11.8 Å². The molecular weight excluding hydrogens is 406 g/mol. The minimum Gasteiger partial charge on any atom is -0.454 e. The van der Waals surface area contributed by atoms with Gasteiger partial charge in [0.05, 0.1) is 5.41 Å². The van der Waals surface area contributed by atoms with Gasteiger partial charge in [0.15, 0.2) is 11.5 Å². The van der Waals surface area contributed by atoms with Crippen LogP contribution in [-0.4, -0.2) is 12.7 Å². The molecule has 1 aliphatic heterocycles. The molecule has 1 saturated carbocycles. The second-order valence-corrected chi connectivity index (χ2v) is 8.22. The van der Waals surface area contributed by atoms with Crippen molar-refractivity contribution in [3.63, 3.8) is 0 Å². The van der Waals surface area contributed by atoms with Crippen LogP contribution < -0.4 is 14.8 Å². The summed E-state index contributed by atoms with van der Waals surface area (Å²) in [7, 11) is 0. The zero-order valence-corrected chi connectivity index (χ0v) is 19.6. The molecule has 3 aliphatic rings. The summed E-state index contributed by atoms with van der Waals surface area (Å²) in [6.07, 6.45) is 6.60. The van der Waals surface area contributed by atoms with Crippen LogP contribution in [0.15, 0.2) is 76.2 Å². The second-order valence-electron chi connectivity index (χ2n) is 7.02. The lowest BCUT2D eigenvalue weighted by Crippen LogP contribution is -2.33. The van der Waals surface area contributed by atoms with E-state index in [1.807, 2.05) is 70.2 Å². The van der Waals surface area contributed by atoms with E-state index in [1.54, 1.807) is 11.8 Å². The molecule has 1 heterocycles. The van der Waals surface area contributed by atoms with Gasteiger partial charge in [-0.1, -0.05) is 69.8 Å². The highest BCUT2D eigenvalue weighted by Crippen LogP contribution is 2.51. The molecule has 31 heavy (non-hydrogen) atoms. The molecule has 0 spiro atoms. The van der Waals surface area contributed by atoms with Gasteiger partial charge in [-0.3, -0.25) is 4.79 Å². The highest BCUT2D eigenvalue weighted by molar-refractivity contribution is 8.03. The van der Waals surface area contributed by atoms with Gasteiger partial charge in [0.2, 0.25) is 12.7 Å². The Labute approximate surface area is 189 Å². The number of carbonyl (C=O) groups excluding carboxylic acids is 1. The summed E-state index contributed by atoms with van der Waals surface area (Å²) in [5, 5.41) is 3.15. The Hall–Kier alpha value is -2.66. The fourth-order valence-corrected chi connectivity index (χ4v) is 4.49. The van der Waals surface area contributed by atoms with Crippen LogP contribution in [0.4, 0.5) is 0 Å². The maximum atomic E-state index is 13.0. The maximum absolute atomic E-state index is 13.0. The molecule has 0 atom stereocenters. The number of thioether (sulfide) groups is 1. The number of hydrogen-bond donors (Lipinski definition) is 1. The second kappa shape index (κ2) is 10.6. The molecule has 0 aromatic heterocycles. The van der Waals surface area contributed by atoms with Crippen molar-refractivity contribution in [3.8, 4) is 11.5 Å². The summed E-state index contributed by atoms with van der Waals surface area (Å²) in [4.78, 5) is 15.4. The summed E-state index contributed by atoms with van der Waals surface area (Å²) in [5.41, 5.74) is 1.54. The van der Waals surface area contributed by atoms with E-state index in [4.69, 9.17) is 9.47 Å². The molecule has 5 heteroatoms. The summed E-state index contributed by atoms with van der Waals surface area (Å²) >= 11 is 1.74. The van der Waals surface area contributed by atoms with Gasteiger partial charge in [0.1, 0.15) is 0 Å². The highest BCUT2D eigenvalue weighted by Gasteiger charge is 2.51. The Bertz CT molecular complexity index is 962. The first kappa shape index (κ1) is 23.0. The third kappa shape index (κ3) is 5.16. The largest absolute Gasteiger partial charge is 0.454 e. The van der Waals surface area contributed by atoms with E-state index in [2.05, 4.69) is 23.5 Å². The van der Waals surface area contributed by atoms with Crippen molar-refractivity contribution in [3.05, 3.63) is 76.8 Å². The average molecular weight is 438 g/mol. The minimum atomic E-state index is -0.433. The molecule has 2 aromatic carbocycles. The highest BCUT2D eigenvalue weighted by atomic mass is 32.2. The van der Waals surface area contributed by atoms with E-state index in [-0.39, 0.29) is 12.7 Å². The Morgan fingerprint density at radius 2 is 1.65 bits per heavy atom. The van der Waals surface area contributed by atoms with E-state index >= 15 is 0 Å². The number of rotatable bonds is 5. The zero-order chi connectivity index (χ0) is 22.3. The summed E-state index contributed by atoms with van der Waals surface area (Å²) < 4.78 is 10.8. The molecule has 1 N–H and O–H groups in total. The molecule has 1 fully saturated rings. The summed E-state index contributed by atoms with van der Waals surface area (Å²) in [6, 6.07) is 16.1. The minimum absolute atomic E-state index is 0.0759. The lowest BCUT2D eigenvalue weighted by molar-refractivity contribution is -0.122. The first-order chi connectivity index (χ1) is 15.2. The Balaban J connectivity index is 0.000000645. The molecule has 0 radical (unpaired) electrons. The van der Waals surface area contributed by atoms with Crippen LogP contribution in [0.3, 0.4) is 0 Å². The van der Waals surface area contributed by atoms with Crippen LogP contribution in [0, 0.1) is 0 Å². The standard InChI is InChI=1S/C22H19NO3S.2C2H6/c24-21(22(10-11-22)15-6-9-19-20(12-15)26-14-25-19)23-16-7-8-18(13-16)27-17-4-2-1-3-5-17;2*1-2/h1-9,12H,10-11,13-14H2,(H,23,24);2*1-2H3. The van der Waals surface area contributed by atoms with Crippen LogP contribution in [-0.2, 0) is 10.2 Å². The van der Waals surface area contributed by atoms with Crippen molar-refractivity contribution in [2.75, 3.05) is 6.79 Å². The van der Waals surface area contributed by atoms with Crippen LogP contribution in [0.25, 0.3) is 0 Å². The number of fused-ring (bicyclic) bond motifs is 1. The van der Waals surface area contributed by atoms with Gasteiger partial charge in [0.25, 0.3) is 0 Å². The van der Waals surface area contributed by atoms with E-state index in [0.717, 1.165) is 42.0 Å². The molecule has 2 aromatic rings. The number of carbonyl (C=O) groups is 1. The lowest BCUT2D eigenvalue weighted by Gasteiger charge is -2.17. The van der Waals surface area contributed by atoms with Crippen LogP contribution in [0.1, 0.15) is 52.5 Å². The number of allylic oxidation sites excluding steroid dienone is 3. The van der Waals surface area contributed by atoms with Crippen molar-refractivity contribution < 1.29 is 14.3 Å². The van der Waals surface area contributed by atoms with E-state index < -0.39 is 5.41 Å². The van der Waals surface area contributed by atoms with Crippen molar-refractivity contribution in [1.29, 1.82) is 0 Å². The Morgan fingerprint density at radius 1 is 0.935 bits per heavy atom. The zero-order valence-electron chi connectivity index (χ0n) is 18.7. The van der Waals surface area contributed by atoms with Gasteiger partial charge in [-0.2, -0.15) is 0 Å². The van der Waals surface area contributed by atoms with Crippen molar-refractivity contribution >= 4 is 17.7 Å². The van der Waals surface area contributed by atoms with Gasteiger partial charge in [-0.05, 0) is 53.7 Å².